The Kier molecular flexibility index (Phi) is 2.82. The maximum Gasteiger partial charge on any atom is 0.312 e. The Hall–Kier alpha value is -1.82. The minimum Gasteiger partial charge on any atom is -0.481 e. The van der Waals surface area contributed by atoms with Gasteiger partial charge >= 0.3 is 5.97 Å². The van der Waals surface area contributed by atoms with Gasteiger partial charge in [0.25, 0.3) is 0 Å². The summed E-state index contributed by atoms with van der Waals surface area (Å²) in [4.78, 5) is 16.2. The van der Waals surface area contributed by atoms with Crippen LogP contribution in [0.15, 0.2) is 18.2 Å². The van der Waals surface area contributed by atoms with Gasteiger partial charge in [0.15, 0.2) is 0 Å². The molecule has 1 N–H and O–H groups in total. The first-order valence-electron chi connectivity index (χ1n) is 5.74. The highest BCUT2D eigenvalue weighted by Crippen LogP contribution is 2.40. The van der Waals surface area contributed by atoms with Gasteiger partial charge in [0.05, 0.1) is 5.69 Å². The maximum atomic E-state index is 13.7. The van der Waals surface area contributed by atoms with E-state index in [0.29, 0.717) is 23.5 Å². The van der Waals surface area contributed by atoms with Gasteiger partial charge in [0.1, 0.15) is 22.6 Å². The second-order valence-corrected chi connectivity index (χ2v) is 5.46. The fraction of sp³-hybridized carbons (Fsp3) is 0.231. The number of nitrogens with zero attached hydrogens (tertiary/aromatic N) is 1. The van der Waals surface area contributed by atoms with Crippen molar-refractivity contribution in [1.29, 1.82) is 0 Å². The summed E-state index contributed by atoms with van der Waals surface area (Å²) in [7, 11) is 0. The Morgan fingerprint density at radius 3 is 2.89 bits per heavy atom. The Bertz CT molecular complexity index is 669. The number of aromatic nitrogens is 1. The zero-order valence-electron chi connectivity index (χ0n) is 9.69. The van der Waals surface area contributed by atoms with Crippen molar-refractivity contribution in [3.8, 4) is 10.6 Å². The summed E-state index contributed by atoms with van der Waals surface area (Å²) in [5, 5.41) is 9.48. The van der Waals surface area contributed by atoms with Crippen LogP contribution in [0.4, 0.5) is 8.78 Å². The molecule has 6 heteroatoms. The van der Waals surface area contributed by atoms with Gasteiger partial charge in [0, 0.05) is 16.5 Å². The molecule has 1 unspecified atom stereocenters. The number of fused-ring (bicyclic) bond motifs is 1. The minimum absolute atomic E-state index is 0.213. The standard InChI is InChI=1S/C13H9F2NO2S/c14-6-1-2-7(9(15)5-6)12-16-11-8(13(17)18)3-4-10(11)19-12/h1-2,5,8H,3-4H2,(H,17,18). The quantitative estimate of drug-likeness (QED) is 0.919. The van der Waals surface area contributed by atoms with Crippen molar-refractivity contribution >= 4 is 17.3 Å². The molecule has 1 aromatic heterocycles. The monoisotopic (exact) mass is 281 g/mol. The number of aliphatic carboxylic acids is 1. The number of hydrogen-bond acceptors (Lipinski definition) is 3. The third kappa shape index (κ3) is 2.02. The second kappa shape index (κ2) is 4.38. The summed E-state index contributed by atoms with van der Waals surface area (Å²) < 4.78 is 26.5. The zero-order valence-corrected chi connectivity index (χ0v) is 10.5. The number of hydrogen-bond donors (Lipinski definition) is 1. The fourth-order valence-electron chi connectivity index (χ4n) is 2.25. The van der Waals surface area contributed by atoms with E-state index in [1.54, 1.807) is 0 Å². The molecule has 0 saturated carbocycles. The van der Waals surface area contributed by atoms with Gasteiger partial charge in [-0.3, -0.25) is 4.79 Å². The van der Waals surface area contributed by atoms with Crippen molar-refractivity contribution in [1.82, 2.24) is 4.98 Å². The van der Waals surface area contributed by atoms with Gasteiger partial charge in [-0.2, -0.15) is 0 Å². The van der Waals surface area contributed by atoms with Crippen molar-refractivity contribution in [3.63, 3.8) is 0 Å². The molecule has 98 valence electrons. The topological polar surface area (TPSA) is 50.2 Å². The van der Waals surface area contributed by atoms with Crippen molar-refractivity contribution in [2.75, 3.05) is 0 Å². The lowest BCUT2D eigenvalue weighted by atomic mass is 10.1. The van der Waals surface area contributed by atoms with E-state index >= 15 is 0 Å². The molecule has 0 fully saturated rings. The molecule has 1 heterocycles. The van der Waals surface area contributed by atoms with E-state index in [2.05, 4.69) is 4.98 Å². The number of thiazole rings is 1. The zero-order chi connectivity index (χ0) is 13.6. The van der Waals surface area contributed by atoms with Crippen LogP contribution < -0.4 is 0 Å². The average molecular weight is 281 g/mol. The predicted molar refractivity (Wildman–Crippen MR) is 66.2 cm³/mol. The van der Waals surface area contributed by atoms with Gasteiger partial charge in [-0.15, -0.1) is 11.3 Å². The molecule has 3 rings (SSSR count). The third-order valence-corrected chi connectivity index (χ3v) is 4.34. The summed E-state index contributed by atoms with van der Waals surface area (Å²) in [6.07, 6.45) is 1.18. The van der Waals surface area contributed by atoms with Crippen LogP contribution in [0, 0.1) is 11.6 Å². The second-order valence-electron chi connectivity index (χ2n) is 4.38. The highest BCUT2D eigenvalue weighted by molar-refractivity contribution is 7.15. The highest BCUT2D eigenvalue weighted by Gasteiger charge is 2.32. The number of benzene rings is 1. The molecule has 1 aromatic carbocycles. The van der Waals surface area contributed by atoms with Crippen LogP contribution in [0.1, 0.15) is 22.9 Å². The number of halogens is 2. The first-order chi connectivity index (χ1) is 9.06. The lowest BCUT2D eigenvalue weighted by molar-refractivity contribution is -0.138. The van der Waals surface area contributed by atoms with Crippen LogP contribution in [0.25, 0.3) is 10.6 Å². The summed E-state index contributed by atoms with van der Waals surface area (Å²) in [6.45, 7) is 0. The molecule has 19 heavy (non-hydrogen) atoms. The smallest absolute Gasteiger partial charge is 0.312 e. The van der Waals surface area contributed by atoms with E-state index in [0.717, 1.165) is 10.9 Å². The molecule has 0 aliphatic heterocycles. The third-order valence-electron chi connectivity index (χ3n) is 3.18. The van der Waals surface area contributed by atoms with Gasteiger partial charge in [-0.25, -0.2) is 13.8 Å². The molecule has 1 aliphatic rings. The molecule has 1 aliphatic carbocycles. The van der Waals surface area contributed by atoms with Crippen LogP contribution >= 0.6 is 11.3 Å². The Morgan fingerprint density at radius 2 is 2.21 bits per heavy atom. The van der Waals surface area contributed by atoms with Crippen LogP contribution in [0.2, 0.25) is 0 Å². The Balaban J connectivity index is 2.04. The first-order valence-corrected chi connectivity index (χ1v) is 6.55. The number of rotatable bonds is 2. The molecular weight excluding hydrogens is 272 g/mol. The van der Waals surface area contributed by atoms with E-state index in [1.165, 1.54) is 23.5 Å². The summed E-state index contributed by atoms with van der Waals surface area (Å²) in [5.41, 5.74) is 0.737. The number of carboxylic acids is 1. The summed E-state index contributed by atoms with van der Waals surface area (Å²) in [6, 6.07) is 3.30. The molecule has 0 amide bonds. The highest BCUT2D eigenvalue weighted by atomic mass is 32.1. The van der Waals surface area contributed by atoms with Crippen molar-refractivity contribution in [2.24, 2.45) is 0 Å². The SMILES string of the molecule is O=C(O)C1CCc2sc(-c3ccc(F)cc3F)nc21. The van der Waals surface area contributed by atoms with Crippen molar-refractivity contribution < 1.29 is 18.7 Å². The normalized spacial score (nSPS) is 17.5. The fourth-order valence-corrected chi connectivity index (χ4v) is 3.41. The molecule has 0 radical (unpaired) electrons. The molecular formula is C13H9F2NO2S. The maximum absolute atomic E-state index is 13.7. The average Bonchev–Trinajstić information content (AvgIpc) is 2.87. The van der Waals surface area contributed by atoms with Crippen LogP contribution in [0.3, 0.4) is 0 Å². The number of aryl methyl sites for hydroxylation is 1. The van der Waals surface area contributed by atoms with Gasteiger partial charge in [0.2, 0.25) is 0 Å². The number of carbonyl (C=O) groups is 1. The van der Waals surface area contributed by atoms with E-state index in [-0.39, 0.29) is 5.56 Å². The lowest BCUT2D eigenvalue weighted by Crippen LogP contribution is -2.08. The van der Waals surface area contributed by atoms with Gasteiger partial charge in [-0.1, -0.05) is 0 Å². The van der Waals surface area contributed by atoms with Crippen molar-refractivity contribution in [3.05, 3.63) is 40.4 Å². The Morgan fingerprint density at radius 1 is 1.42 bits per heavy atom. The molecule has 3 nitrogen and oxygen atoms in total. The van der Waals surface area contributed by atoms with E-state index in [1.807, 2.05) is 0 Å². The Labute approximate surface area is 111 Å². The van der Waals surface area contributed by atoms with Crippen LogP contribution in [-0.2, 0) is 11.2 Å². The molecule has 0 saturated heterocycles. The molecule has 2 aromatic rings. The van der Waals surface area contributed by atoms with Crippen LogP contribution in [0.5, 0.6) is 0 Å². The molecule has 0 bridgehead atoms. The molecule has 1 atom stereocenters. The minimum atomic E-state index is -0.907. The largest absolute Gasteiger partial charge is 0.481 e. The van der Waals surface area contributed by atoms with E-state index < -0.39 is 23.5 Å². The molecule has 0 spiro atoms. The lowest BCUT2D eigenvalue weighted by Gasteiger charge is -2.02. The summed E-state index contributed by atoms with van der Waals surface area (Å²) in [5.74, 6) is -2.84. The van der Waals surface area contributed by atoms with Crippen LogP contribution in [-0.4, -0.2) is 16.1 Å². The van der Waals surface area contributed by atoms with E-state index in [4.69, 9.17) is 5.11 Å². The number of carboxylic acid groups (broad SMARTS) is 1. The van der Waals surface area contributed by atoms with Gasteiger partial charge < -0.3 is 5.11 Å². The van der Waals surface area contributed by atoms with Crippen molar-refractivity contribution in [2.45, 2.75) is 18.8 Å². The van der Waals surface area contributed by atoms with Gasteiger partial charge in [-0.05, 0) is 25.0 Å². The summed E-state index contributed by atoms with van der Waals surface area (Å²) >= 11 is 1.28. The first kappa shape index (κ1) is 12.2. The van der Waals surface area contributed by atoms with E-state index in [9.17, 15) is 13.6 Å². The predicted octanol–water partition coefficient (Wildman–Crippen LogP) is 3.20.